The van der Waals surface area contributed by atoms with Crippen LogP contribution in [0.2, 0.25) is 0 Å². The van der Waals surface area contributed by atoms with Crippen LogP contribution in [0, 0.1) is 0 Å². The molecule has 0 aliphatic carbocycles. The van der Waals surface area contributed by atoms with Crippen molar-refractivity contribution in [2.75, 3.05) is 18.5 Å². The predicted molar refractivity (Wildman–Crippen MR) is 61.3 cm³/mol. The SMILES string of the molecule is O=C1COc2cc(C=CCCO)ccc2N1. The van der Waals surface area contributed by atoms with Gasteiger partial charge in [-0.2, -0.15) is 0 Å². The lowest BCUT2D eigenvalue weighted by molar-refractivity contribution is -0.118. The first-order valence-electron chi connectivity index (χ1n) is 5.13. The third-order valence-electron chi connectivity index (χ3n) is 2.24. The van der Waals surface area contributed by atoms with Crippen LogP contribution < -0.4 is 10.1 Å². The topological polar surface area (TPSA) is 58.6 Å². The number of hydrogen-bond acceptors (Lipinski definition) is 3. The van der Waals surface area contributed by atoms with E-state index in [1.807, 2.05) is 30.4 Å². The number of benzene rings is 1. The van der Waals surface area contributed by atoms with E-state index < -0.39 is 0 Å². The lowest BCUT2D eigenvalue weighted by Crippen LogP contribution is -2.25. The molecule has 2 rings (SSSR count). The Hall–Kier alpha value is -1.81. The first-order valence-corrected chi connectivity index (χ1v) is 5.13. The normalized spacial score (nSPS) is 14.4. The van der Waals surface area contributed by atoms with Gasteiger partial charge in [0.1, 0.15) is 5.75 Å². The molecule has 84 valence electrons. The van der Waals surface area contributed by atoms with Crippen molar-refractivity contribution >= 4 is 17.7 Å². The Kier molecular flexibility index (Phi) is 3.22. The molecule has 1 aromatic carbocycles. The maximum absolute atomic E-state index is 11.0. The molecule has 0 unspecified atom stereocenters. The quantitative estimate of drug-likeness (QED) is 0.808. The Morgan fingerprint density at radius 1 is 1.50 bits per heavy atom. The van der Waals surface area contributed by atoms with Gasteiger partial charge in [0.05, 0.1) is 5.69 Å². The van der Waals surface area contributed by atoms with E-state index >= 15 is 0 Å². The van der Waals surface area contributed by atoms with Gasteiger partial charge in [-0.15, -0.1) is 0 Å². The number of fused-ring (bicyclic) bond motifs is 1. The van der Waals surface area contributed by atoms with Gasteiger partial charge in [-0.25, -0.2) is 0 Å². The Morgan fingerprint density at radius 2 is 2.38 bits per heavy atom. The van der Waals surface area contributed by atoms with Crippen LogP contribution in [0.4, 0.5) is 5.69 Å². The van der Waals surface area contributed by atoms with Gasteiger partial charge in [0.2, 0.25) is 0 Å². The Labute approximate surface area is 93.5 Å². The lowest BCUT2D eigenvalue weighted by atomic mass is 10.1. The highest BCUT2D eigenvalue weighted by molar-refractivity contribution is 5.95. The van der Waals surface area contributed by atoms with E-state index in [2.05, 4.69) is 5.32 Å². The number of hydrogen-bond donors (Lipinski definition) is 2. The Balaban J connectivity index is 2.16. The second-order valence-electron chi connectivity index (χ2n) is 3.51. The zero-order chi connectivity index (χ0) is 11.4. The third kappa shape index (κ3) is 2.41. The first kappa shape index (κ1) is 10.7. The van der Waals surface area contributed by atoms with Crippen LogP contribution >= 0.6 is 0 Å². The largest absolute Gasteiger partial charge is 0.482 e. The number of anilines is 1. The molecule has 0 saturated heterocycles. The smallest absolute Gasteiger partial charge is 0.262 e. The molecule has 1 aromatic rings. The number of carbonyl (C=O) groups excluding carboxylic acids is 1. The number of amides is 1. The molecule has 1 aliphatic heterocycles. The molecule has 0 spiro atoms. The summed E-state index contributed by atoms with van der Waals surface area (Å²) >= 11 is 0. The van der Waals surface area contributed by atoms with E-state index in [4.69, 9.17) is 9.84 Å². The monoisotopic (exact) mass is 219 g/mol. The van der Waals surface area contributed by atoms with Crippen LogP contribution in [-0.4, -0.2) is 24.2 Å². The highest BCUT2D eigenvalue weighted by Crippen LogP contribution is 2.28. The second kappa shape index (κ2) is 4.81. The van der Waals surface area contributed by atoms with Crippen LogP contribution in [-0.2, 0) is 4.79 Å². The maximum Gasteiger partial charge on any atom is 0.262 e. The molecule has 16 heavy (non-hydrogen) atoms. The van der Waals surface area contributed by atoms with Gasteiger partial charge in [0.15, 0.2) is 6.61 Å². The van der Waals surface area contributed by atoms with Gasteiger partial charge in [-0.1, -0.05) is 18.2 Å². The number of nitrogens with one attached hydrogen (secondary N) is 1. The summed E-state index contributed by atoms with van der Waals surface area (Å²) in [5.74, 6) is 0.557. The molecule has 1 amide bonds. The van der Waals surface area contributed by atoms with Gasteiger partial charge >= 0.3 is 0 Å². The molecule has 0 saturated carbocycles. The van der Waals surface area contributed by atoms with Gasteiger partial charge in [0.25, 0.3) is 5.91 Å². The van der Waals surface area contributed by atoms with Gasteiger partial charge in [-0.3, -0.25) is 4.79 Å². The maximum atomic E-state index is 11.0. The zero-order valence-corrected chi connectivity index (χ0v) is 8.77. The van der Waals surface area contributed by atoms with Crippen molar-refractivity contribution in [1.29, 1.82) is 0 Å². The van der Waals surface area contributed by atoms with Gasteiger partial charge in [-0.05, 0) is 24.1 Å². The molecule has 1 heterocycles. The van der Waals surface area contributed by atoms with Crippen molar-refractivity contribution in [3.05, 3.63) is 29.8 Å². The molecular weight excluding hydrogens is 206 g/mol. The Morgan fingerprint density at radius 3 is 3.19 bits per heavy atom. The highest BCUT2D eigenvalue weighted by atomic mass is 16.5. The molecule has 0 aromatic heterocycles. The average Bonchev–Trinajstić information content (AvgIpc) is 2.29. The highest BCUT2D eigenvalue weighted by Gasteiger charge is 2.15. The summed E-state index contributed by atoms with van der Waals surface area (Å²) < 4.78 is 5.29. The predicted octanol–water partition coefficient (Wildman–Crippen LogP) is 1.41. The molecule has 0 bridgehead atoms. The van der Waals surface area contributed by atoms with Crippen LogP contribution in [0.15, 0.2) is 24.3 Å². The number of ether oxygens (including phenoxy) is 1. The molecule has 0 fully saturated rings. The van der Waals surface area contributed by atoms with E-state index in [0.29, 0.717) is 17.9 Å². The summed E-state index contributed by atoms with van der Waals surface area (Å²) in [5, 5.41) is 11.4. The molecule has 4 nitrogen and oxygen atoms in total. The number of aliphatic hydroxyl groups excluding tert-OH is 1. The molecule has 0 radical (unpaired) electrons. The van der Waals surface area contributed by atoms with Gasteiger partial charge < -0.3 is 15.2 Å². The van der Waals surface area contributed by atoms with Crippen molar-refractivity contribution in [3.63, 3.8) is 0 Å². The fraction of sp³-hybridized carbons (Fsp3) is 0.250. The zero-order valence-electron chi connectivity index (χ0n) is 8.77. The molecule has 0 atom stereocenters. The molecule has 1 aliphatic rings. The minimum absolute atomic E-state index is 0.0663. The lowest BCUT2D eigenvalue weighted by Gasteiger charge is -2.17. The fourth-order valence-electron chi connectivity index (χ4n) is 1.49. The summed E-state index contributed by atoms with van der Waals surface area (Å²) in [6, 6.07) is 5.56. The summed E-state index contributed by atoms with van der Waals surface area (Å²) in [6.07, 6.45) is 4.44. The number of aliphatic hydroxyl groups is 1. The summed E-state index contributed by atoms with van der Waals surface area (Å²) in [6.45, 7) is 0.213. The van der Waals surface area contributed by atoms with Gasteiger partial charge in [0, 0.05) is 6.61 Å². The minimum atomic E-state index is -0.129. The first-order chi connectivity index (χ1) is 7.79. The minimum Gasteiger partial charge on any atom is -0.482 e. The summed E-state index contributed by atoms with van der Waals surface area (Å²) in [5.41, 5.74) is 1.69. The van der Waals surface area contributed by atoms with Crippen LogP contribution in [0.25, 0.3) is 6.08 Å². The second-order valence-corrected chi connectivity index (χ2v) is 3.51. The molecule has 2 N–H and O–H groups in total. The molecular formula is C12H13NO3. The summed E-state index contributed by atoms with van der Waals surface area (Å²) in [4.78, 5) is 11.0. The van der Waals surface area contributed by atoms with E-state index in [9.17, 15) is 4.79 Å². The van der Waals surface area contributed by atoms with Crippen molar-refractivity contribution < 1.29 is 14.6 Å². The van der Waals surface area contributed by atoms with Crippen LogP contribution in [0.5, 0.6) is 5.75 Å². The molecule has 4 heteroatoms. The van der Waals surface area contributed by atoms with E-state index in [0.717, 1.165) is 5.56 Å². The number of carbonyl (C=O) groups is 1. The average molecular weight is 219 g/mol. The van der Waals surface area contributed by atoms with Crippen molar-refractivity contribution in [2.45, 2.75) is 6.42 Å². The van der Waals surface area contributed by atoms with Crippen LogP contribution in [0.1, 0.15) is 12.0 Å². The fourth-order valence-corrected chi connectivity index (χ4v) is 1.49. The number of rotatable bonds is 3. The van der Waals surface area contributed by atoms with E-state index in [1.54, 1.807) is 0 Å². The van der Waals surface area contributed by atoms with Crippen molar-refractivity contribution in [3.8, 4) is 5.75 Å². The van der Waals surface area contributed by atoms with Crippen molar-refractivity contribution in [2.24, 2.45) is 0 Å². The third-order valence-corrected chi connectivity index (χ3v) is 2.24. The van der Waals surface area contributed by atoms with Crippen LogP contribution in [0.3, 0.4) is 0 Å². The van der Waals surface area contributed by atoms with E-state index in [1.165, 1.54) is 0 Å². The Bertz CT molecular complexity index is 426. The summed E-state index contributed by atoms with van der Waals surface area (Å²) in [7, 11) is 0. The van der Waals surface area contributed by atoms with E-state index in [-0.39, 0.29) is 19.1 Å². The standard InChI is InChI=1S/C12H13NO3/c14-6-2-1-3-9-4-5-10-11(7-9)16-8-12(15)13-10/h1,3-5,7,14H,2,6,8H2,(H,13,15). The van der Waals surface area contributed by atoms with Crippen molar-refractivity contribution in [1.82, 2.24) is 0 Å².